The summed E-state index contributed by atoms with van der Waals surface area (Å²) in [6, 6.07) is 28.9. The third kappa shape index (κ3) is 6.09. The van der Waals surface area contributed by atoms with Gasteiger partial charge in [-0.1, -0.05) is 86.1 Å². The first-order chi connectivity index (χ1) is 15.0. The lowest BCUT2D eigenvalue weighted by Gasteiger charge is -2.39. The fourth-order valence-electron chi connectivity index (χ4n) is 3.92. The van der Waals surface area contributed by atoms with Gasteiger partial charge >= 0.3 is 0 Å². The summed E-state index contributed by atoms with van der Waals surface area (Å²) in [6.07, 6.45) is 3.75. The van der Waals surface area contributed by atoms with Gasteiger partial charge in [-0.05, 0) is 62.4 Å². The topological polar surface area (TPSA) is 20.3 Å². The van der Waals surface area contributed by atoms with Crippen molar-refractivity contribution in [1.29, 1.82) is 0 Å². The normalized spacial score (nSPS) is 11.6. The maximum absolute atomic E-state index is 14.0. The second-order valence-corrected chi connectivity index (χ2v) is 9.47. The molecule has 0 saturated carbocycles. The Morgan fingerprint density at radius 3 is 1.77 bits per heavy atom. The van der Waals surface area contributed by atoms with Crippen LogP contribution < -0.4 is 0 Å². The fourth-order valence-corrected chi connectivity index (χ4v) is 4.91. The fraction of sp³-hybridized carbons (Fsp3) is 0.321. The zero-order valence-electron chi connectivity index (χ0n) is 18.9. The van der Waals surface area contributed by atoms with Crippen molar-refractivity contribution in [3.8, 4) is 0 Å². The van der Waals surface area contributed by atoms with E-state index in [0.717, 1.165) is 11.3 Å². The van der Waals surface area contributed by atoms with Gasteiger partial charge in [0, 0.05) is 10.5 Å². The molecule has 0 atom stereocenters. The Balaban J connectivity index is 1.94. The number of hydrogen-bond acceptors (Lipinski definition) is 3. The van der Waals surface area contributed by atoms with Crippen LogP contribution in [0.3, 0.4) is 0 Å². The van der Waals surface area contributed by atoms with E-state index in [4.69, 9.17) is 0 Å². The first-order valence-corrected chi connectivity index (χ1v) is 12.1. The van der Waals surface area contributed by atoms with Crippen LogP contribution in [0.2, 0.25) is 0 Å². The molecule has 3 aromatic rings. The van der Waals surface area contributed by atoms with Crippen LogP contribution >= 0.6 is 11.8 Å². The third-order valence-corrected chi connectivity index (χ3v) is 6.94. The minimum Gasteiger partial charge on any atom is -0.296 e. The predicted molar refractivity (Wildman–Crippen MR) is 133 cm³/mol. The van der Waals surface area contributed by atoms with Crippen LogP contribution in [0.15, 0.2) is 89.8 Å². The molecule has 0 saturated heterocycles. The Morgan fingerprint density at radius 2 is 1.32 bits per heavy atom. The quantitative estimate of drug-likeness (QED) is 0.195. The molecule has 0 aliphatic rings. The van der Waals surface area contributed by atoms with Crippen molar-refractivity contribution in [2.24, 2.45) is 0 Å². The van der Waals surface area contributed by atoms with E-state index in [-0.39, 0.29) is 5.78 Å². The molecule has 0 aromatic heterocycles. The van der Waals surface area contributed by atoms with Crippen LogP contribution in [0.25, 0.3) is 0 Å². The number of Topliss-reactive ketones (excluding diaryl/α,β-unsaturated/α-hetero) is 1. The van der Waals surface area contributed by atoms with E-state index in [9.17, 15) is 4.79 Å². The number of benzene rings is 3. The van der Waals surface area contributed by atoms with Gasteiger partial charge in [-0.2, -0.15) is 0 Å². The molecule has 0 bridgehead atoms. The highest BCUT2D eigenvalue weighted by Gasteiger charge is 2.41. The molecular weight excluding hydrogens is 398 g/mol. The smallest absolute Gasteiger partial charge is 0.183 e. The first-order valence-electron chi connectivity index (χ1n) is 11.1. The second-order valence-electron chi connectivity index (χ2n) is 8.31. The molecule has 0 heterocycles. The molecule has 3 heteroatoms. The Labute approximate surface area is 191 Å². The number of hydrogen-bond donors (Lipinski definition) is 0. The maximum Gasteiger partial charge on any atom is 0.183 e. The van der Waals surface area contributed by atoms with Crippen molar-refractivity contribution < 1.29 is 4.79 Å². The lowest BCUT2D eigenvalue weighted by Crippen LogP contribution is -2.54. The van der Waals surface area contributed by atoms with Crippen molar-refractivity contribution in [1.82, 2.24) is 4.90 Å². The molecule has 0 aliphatic heterocycles. The third-order valence-electron chi connectivity index (χ3n) is 5.84. The minimum atomic E-state index is -0.653. The molecule has 0 amide bonds. The van der Waals surface area contributed by atoms with E-state index < -0.39 is 5.54 Å². The Morgan fingerprint density at radius 1 is 0.806 bits per heavy atom. The van der Waals surface area contributed by atoms with E-state index in [1.165, 1.54) is 28.9 Å². The summed E-state index contributed by atoms with van der Waals surface area (Å²) in [4.78, 5) is 17.4. The SMILES string of the molecule is CCCCSc1ccc(C(=O)C(Cc2ccccc2)(Cc2ccccc2)N(C)C)cc1. The highest BCUT2D eigenvalue weighted by atomic mass is 32.2. The van der Waals surface area contributed by atoms with Crippen molar-refractivity contribution in [3.05, 3.63) is 102 Å². The highest BCUT2D eigenvalue weighted by molar-refractivity contribution is 7.99. The minimum absolute atomic E-state index is 0.176. The van der Waals surface area contributed by atoms with Gasteiger partial charge in [-0.15, -0.1) is 11.8 Å². The van der Waals surface area contributed by atoms with Crippen LogP contribution in [-0.2, 0) is 12.8 Å². The zero-order chi connectivity index (χ0) is 22.1. The van der Waals surface area contributed by atoms with Gasteiger partial charge in [0.2, 0.25) is 0 Å². The van der Waals surface area contributed by atoms with Gasteiger partial charge < -0.3 is 0 Å². The summed E-state index contributed by atoms with van der Waals surface area (Å²) in [7, 11) is 4.05. The van der Waals surface area contributed by atoms with Gasteiger partial charge in [-0.25, -0.2) is 0 Å². The van der Waals surface area contributed by atoms with Crippen LogP contribution in [0, 0.1) is 0 Å². The molecule has 0 radical (unpaired) electrons. The Hall–Kier alpha value is -2.36. The van der Waals surface area contributed by atoms with Crippen molar-refractivity contribution in [2.45, 2.75) is 43.0 Å². The highest BCUT2D eigenvalue weighted by Crippen LogP contribution is 2.30. The molecular formula is C28H33NOS. The Kier molecular flexibility index (Phi) is 8.51. The molecule has 0 fully saturated rings. The second kappa shape index (κ2) is 11.3. The number of carbonyl (C=O) groups is 1. The molecule has 0 spiro atoms. The van der Waals surface area contributed by atoms with Gasteiger partial charge in [0.05, 0.1) is 5.54 Å². The van der Waals surface area contributed by atoms with Gasteiger partial charge in [0.1, 0.15) is 0 Å². The number of likely N-dealkylation sites (N-methyl/N-ethyl adjacent to an activating group) is 1. The Bertz CT molecular complexity index is 894. The summed E-state index contributed by atoms with van der Waals surface area (Å²) in [6.45, 7) is 2.21. The van der Waals surface area contributed by atoms with E-state index in [0.29, 0.717) is 12.8 Å². The average molecular weight is 432 g/mol. The van der Waals surface area contributed by atoms with E-state index >= 15 is 0 Å². The number of unbranched alkanes of at least 4 members (excludes halogenated alkanes) is 1. The maximum atomic E-state index is 14.0. The van der Waals surface area contributed by atoms with E-state index in [1.807, 2.05) is 74.4 Å². The van der Waals surface area contributed by atoms with Crippen LogP contribution in [0.5, 0.6) is 0 Å². The molecule has 0 unspecified atom stereocenters. The standard InChI is InChI=1S/C28H33NOS/c1-4-5-20-31-26-18-16-25(17-19-26)27(30)28(29(2)3,21-23-12-8-6-9-13-23)22-24-14-10-7-11-15-24/h6-19H,4-5,20-22H2,1-3H3. The summed E-state index contributed by atoms with van der Waals surface area (Å²) in [5.74, 6) is 1.29. The molecule has 0 aliphatic carbocycles. The molecule has 3 rings (SSSR count). The van der Waals surface area contributed by atoms with Gasteiger partial charge in [0.15, 0.2) is 5.78 Å². The molecule has 2 nitrogen and oxygen atoms in total. The predicted octanol–water partition coefficient (Wildman–Crippen LogP) is 6.55. The monoisotopic (exact) mass is 431 g/mol. The number of ketones is 1. The van der Waals surface area contributed by atoms with E-state index in [1.54, 1.807) is 0 Å². The van der Waals surface area contributed by atoms with Gasteiger partial charge in [0.25, 0.3) is 0 Å². The summed E-state index contributed by atoms with van der Waals surface area (Å²) in [5, 5.41) is 0. The summed E-state index contributed by atoms with van der Waals surface area (Å²) >= 11 is 1.86. The number of rotatable bonds is 11. The zero-order valence-corrected chi connectivity index (χ0v) is 19.7. The largest absolute Gasteiger partial charge is 0.296 e. The molecule has 31 heavy (non-hydrogen) atoms. The molecule has 162 valence electrons. The summed E-state index contributed by atoms with van der Waals surface area (Å²) < 4.78 is 0. The number of carbonyl (C=O) groups excluding carboxylic acids is 1. The van der Waals surface area contributed by atoms with Crippen molar-refractivity contribution in [3.63, 3.8) is 0 Å². The lowest BCUT2D eigenvalue weighted by atomic mass is 9.77. The number of thioether (sulfide) groups is 1. The van der Waals surface area contributed by atoms with Crippen LogP contribution in [0.4, 0.5) is 0 Å². The number of nitrogens with zero attached hydrogens (tertiary/aromatic N) is 1. The lowest BCUT2D eigenvalue weighted by molar-refractivity contribution is 0.0676. The van der Waals surface area contributed by atoms with Crippen molar-refractivity contribution >= 4 is 17.5 Å². The summed E-state index contributed by atoms with van der Waals surface area (Å²) in [5.41, 5.74) is 2.47. The average Bonchev–Trinajstić information content (AvgIpc) is 2.80. The van der Waals surface area contributed by atoms with Crippen molar-refractivity contribution in [2.75, 3.05) is 19.8 Å². The van der Waals surface area contributed by atoms with E-state index in [2.05, 4.69) is 48.2 Å². The first kappa shape index (κ1) is 23.3. The molecule has 0 N–H and O–H groups in total. The van der Waals surface area contributed by atoms with Crippen LogP contribution in [-0.4, -0.2) is 36.1 Å². The molecule has 3 aromatic carbocycles. The van der Waals surface area contributed by atoms with Crippen LogP contribution in [0.1, 0.15) is 41.3 Å². The van der Waals surface area contributed by atoms with Gasteiger partial charge in [-0.3, -0.25) is 9.69 Å².